The van der Waals surface area contributed by atoms with Gasteiger partial charge in [0.1, 0.15) is 42.4 Å². The van der Waals surface area contributed by atoms with Crippen molar-refractivity contribution >= 4 is 22.5 Å². The number of hydrogen-bond donors (Lipinski definition) is 1. The Balaban J connectivity index is 1.25. The van der Waals surface area contributed by atoms with E-state index in [9.17, 15) is 14.0 Å². The number of fused-ring (bicyclic) bond motifs is 2. The minimum Gasteiger partial charge on any atom is -0.487 e. The zero-order chi connectivity index (χ0) is 33.6. The van der Waals surface area contributed by atoms with Crippen LogP contribution in [0.3, 0.4) is 0 Å². The van der Waals surface area contributed by atoms with Crippen LogP contribution >= 0.6 is 0 Å². The van der Waals surface area contributed by atoms with E-state index in [1.807, 2.05) is 6.92 Å². The van der Waals surface area contributed by atoms with Crippen LogP contribution in [-0.2, 0) is 22.4 Å². The molecule has 3 heterocycles. The summed E-state index contributed by atoms with van der Waals surface area (Å²) < 4.78 is 46.0. The molecule has 0 saturated heterocycles. The highest BCUT2D eigenvalue weighted by Crippen LogP contribution is 2.37. The monoisotopic (exact) mass is 657 g/mol. The van der Waals surface area contributed by atoms with Gasteiger partial charge in [0, 0.05) is 32.5 Å². The molecule has 1 amide bonds. The number of nitrogens with zero attached hydrogens (tertiary/aromatic N) is 4. The highest BCUT2D eigenvalue weighted by Gasteiger charge is 2.28. The Bertz CT molecular complexity index is 2010. The lowest BCUT2D eigenvalue weighted by Gasteiger charge is -2.19. The van der Waals surface area contributed by atoms with Gasteiger partial charge < -0.3 is 29.0 Å². The van der Waals surface area contributed by atoms with Gasteiger partial charge in [-0.3, -0.25) is 14.3 Å². The number of benzene rings is 3. The van der Waals surface area contributed by atoms with Crippen LogP contribution in [0.5, 0.6) is 23.1 Å². The minimum absolute atomic E-state index is 0.0116. The zero-order valence-corrected chi connectivity index (χ0v) is 27.0. The second kappa shape index (κ2) is 14.7. The van der Waals surface area contributed by atoms with Crippen molar-refractivity contribution in [1.82, 2.24) is 19.3 Å². The number of rotatable bonds is 13. The molecule has 6 rings (SSSR count). The van der Waals surface area contributed by atoms with Gasteiger partial charge in [0.15, 0.2) is 11.5 Å². The number of carbonyl (C=O) groups is 1. The normalized spacial score (nSPS) is 12.5. The average molecular weight is 658 g/mol. The molecule has 0 aliphatic carbocycles. The van der Waals surface area contributed by atoms with Crippen molar-refractivity contribution in [1.29, 1.82) is 0 Å². The molecule has 0 radical (unpaired) electrons. The van der Waals surface area contributed by atoms with Crippen LogP contribution in [-0.4, -0.2) is 65.9 Å². The third-order valence-corrected chi connectivity index (χ3v) is 7.98. The largest absolute Gasteiger partial charge is 0.487 e. The molecule has 0 bridgehead atoms. The molecule has 250 valence electrons. The van der Waals surface area contributed by atoms with Crippen molar-refractivity contribution < 1.29 is 32.9 Å². The molecule has 1 aliphatic rings. The van der Waals surface area contributed by atoms with Gasteiger partial charge in [0.25, 0.3) is 11.5 Å². The second-order valence-electron chi connectivity index (χ2n) is 11.2. The minimum atomic E-state index is -0.556. The van der Waals surface area contributed by atoms with E-state index in [1.54, 1.807) is 61.4 Å². The number of carbonyl (C=O) groups excluding carboxylic acids is 1. The zero-order valence-electron chi connectivity index (χ0n) is 27.0. The number of methoxy groups -OCH3 is 2. The molecule has 13 heteroatoms. The summed E-state index contributed by atoms with van der Waals surface area (Å²) >= 11 is 0. The molecular weight excluding hydrogens is 621 g/mol. The Morgan fingerprint density at radius 1 is 0.917 bits per heavy atom. The van der Waals surface area contributed by atoms with E-state index in [2.05, 4.69) is 15.3 Å². The lowest BCUT2D eigenvalue weighted by atomic mass is 10.1. The van der Waals surface area contributed by atoms with Gasteiger partial charge in [-0.05, 0) is 68.1 Å². The predicted octanol–water partition coefficient (Wildman–Crippen LogP) is 5.46. The molecule has 1 aliphatic heterocycles. The third kappa shape index (κ3) is 6.73. The molecule has 0 saturated carbocycles. The molecule has 2 aromatic heterocycles. The summed E-state index contributed by atoms with van der Waals surface area (Å²) in [4.78, 5) is 36.0. The van der Waals surface area contributed by atoms with Crippen molar-refractivity contribution in [2.24, 2.45) is 0 Å². The van der Waals surface area contributed by atoms with Crippen molar-refractivity contribution in [3.8, 4) is 28.8 Å². The van der Waals surface area contributed by atoms with Gasteiger partial charge in [0.05, 0.1) is 29.8 Å². The number of nitrogens with one attached hydrogen (secondary N) is 1. The number of para-hydroxylation sites is 1. The fourth-order valence-corrected chi connectivity index (χ4v) is 5.68. The summed E-state index contributed by atoms with van der Waals surface area (Å²) in [5.74, 6) is 0.687. The third-order valence-electron chi connectivity index (χ3n) is 7.98. The van der Waals surface area contributed by atoms with E-state index >= 15 is 0 Å². The Hall–Kier alpha value is -5.27. The van der Waals surface area contributed by atoms with Gasteiger partial charge in [-0.15, -0.1) is 0 Å². The Morgan fingerprint density at radius 3 is 2.40 bits per heavy atom. The van der Waals surface area contributed by atoms with Crippen LogP contribution in [0.4, 0.5) is 10.1 Å². The van der Waals surface area contributed by atoms with E-state index in [-0.39, 0.29) is 11.3 Å². The second-order valence-corrected chi connectivity index (χ2v) is 11.2. The van der Waals surface area contributed by atoms with Crippen LogP contribution < -0.4 is 25.1 Å². The highest BCUT2D eigenvalue weighted by atomic mass is 19.1. The number of hydrogen-bond acceptors (Lipinski definition) is 9. The molecule has 0 unspecified atom stereocenters. The van der Waals surface area contributed by atoms with Crippen molar-refractivity contribution in [3.63, 3.8) is 0 Å². The lowest BCUT2D eigenvalue weighted by molar-refractivity contribution is 0.102. The number of anilines is 1. The SMILES string of the molecule is COCCOc1cc2ncnc(Oc3ccc(NC(=O)c4c5n(n(-c6ccccc6F)c4=O)CCCC5)cc3C)c2cc1OCCOC. The van der Waals surface area contributed by atoms with E-state index < -0.39 is 17.3 Å². The topological polar surface area (TPSA) is 128 Å². The van der Waals surface area contributed by atoms with Crippen molar-refractivity contribution in [2.45, 2.75) is 32.7 Å². The van der Waals surface area contributed by atoms with Gasteiger partial charge in [-0.1, -0.05) is 12.1 Å². The number of halogens is 1. The van der Waals surface area contributed by atoms with Crippen molar-refractivity contribution in [2.75, 3.05) is 46.0 Å². The summed E-state index contributed by atoms with van der Waals surface area (Å²) in [5.41, 5.74) is 1.93. The van der Waals surface area contributed by atoms with Crippen LogP contribution in [0.15, 0.2) is 65.7 Å². The first-order valence-corrected chi connectivity index (χ1v) is 15.6. The Morgan fingerprint density at radius 2 is 1.67 bits per heavy atom. The molecule has 3 aromatic carbocycles. The molecule has 0 fully saturated rings. The summed E-state index contributed by atoms with van der Waals surface area (Å²) in [7, 11) is 3.19. The molecular formula is C35H36FN5O7. The smallest absolute Gasteiger partial charge is 0.284 e. The summed E-state index contributed by atoms with van der Waals surface area (Å²) in [6.45, 7) is 3.78. The fraction of sp³-hybridized carbons (Fsp3) is 0.314. The molecule has 1 N–H and O–H groups in total. The lowest BCUT2D eigenvalue weighted by Crippen LogP contribution is -2.26. The van der Waals surface area contributed by atoms with Crippen LogP contribution in [0, 0.1) is 12.7 Å². The van der Waals surface area contributed by atoms with Gasteiger partial charge in [-0.25, -0.2) is 19.0 Å². The maximum absolute atomic E-state index is 14.8. The van der Waals surface area contributed by atoms with Gasteiger partial charge in [0.2, 0.25) is 5.88 Å². The average Bonchev–Trinajstić information content (AvgIpc) is 3.38. The maximum Gasteiger partial charge on any atom is 0.284 e. The van der Waals surface area contributed by atoms with Gasteiger partial charge >= 0.3 is 0 Å². The van der Waals surface area contributed by atoms with E-state index in [1.165, 1.54) is 23.1 Å². The quantitative estimate of drug-likeness (QED) is 0.164. The summed E-state index contributed by atoms with van der Waals surface area (Å²) in [5, 5.41) is 3.46. The van der Waals surface area contributed by atoms with Crippen molar-refractivity contribution in [3.05, 3.63) is 93.9 Å². The standard InChI is InChI=1S/C35H36FN5O7/c1-22-18-23(39-33(42)32-28-10-6-7-13-40(28)41(35(32)43)27-9-5-4-8-25(27)36)11-12-29(22)48-34-24-19-30(46-16-14-44-2)31(47-17-15-45-3)20-26(24)37-21-38-34/h4-5,8-9,11-12,18-21H,6-7,10,13-17H2,1-3H3,(H,39,42). The first kappa shape index (κ1) is 32.7. The Labute approximate surface area is 276 Å². The van der Waals surface area contributed by atoms with Crippen LogP contribution in [0.1, 0.15) is 34.5 Å². The van der Waals surface area contributed by atoms with Gasteiger partial charge in [-0.2, -0.15) is 0 Å². The van der Waals surface area contributed by atoms with E-state index in [4.69, 9.17) is 23.7 Å². The highest BCUT2D eigenvalue weighted by molar-refractivity contribution is 6.05. The fourth-order valence-electron chi connectivity index (χ4n) is 5.68. The first-order valence-electron chi connectivity index (χ1n) is 15.6. The van der Waals surface area contributed by atoms with E-state index in [0.717, 1.165) is 12.8 Å². The molecule has 0 atom stereocenters. The Kier molecular flexibility index (Phi) is 9.97. The first-order chi connectivity index (χ1) is 23.4. The summed E-state index contributed by atoms with van der Waals surface area (Å²) in [6, 6.07) is 14.7. The number of amides is 1. The summed E-state index contributed by atoms with van der Waals surface area (Å²) in [6.07, 6.45) is 3.59. The molecule has 0 spiro atoms. The maximum atomic E-state index is 14.8. The van der Waals surface area contributed by atoms with Crippen LogP contribution in [0.25, 0.3) is 16.6 Å². The number of aromatic nitrogens is 4. The molecule has 48 heavy (non-hydrogen) atoms. The molecule has 12 nitrogen and oxygen atoms in total. The van der Waals surface area contributed by atoms with Crippen LogP contribution in [0.2, 0.25) is 0 Å². The number of aryl methyl sites for hydroxylation is 1. The molecule has 5 aromatic rings. The predicted molar refractivity (Wildman–Crippen MR) is 176 cm³/mol. The number of ether oxygens (including phenoxy) is 5. The van der Waals surface area contributed by atoms with E-state index in [0.29, 0.717) is 90.4 Å².